The van der Waals surface area contributed by atoms with Crippen LogP contribution in [0.3, 0.4) is 0 Å². The quantitative estimate of drug-likeness (QED) is 0.173. The lowest BCUT2D eigenvalue weighted by Crippen LogP contribution is -1.95. The average Bonchev–Trinajstić information content (AvgIpc) is 3.98. The van der Waals surface area contributed by atoms with Gasteiger partial charge in [0.25, 0.3) is 0 Å². The number of fused-ring (bicyclic) bond motifs is 8. The normalized spacial score (nSPS) is 12.1. The predicted octanol–water partition coefficient (Wildman–Crippen LogP) is 14.4. The van der Waals surface area contributed by atoms with Gasteiger partial charge < -0.3 is 9.97 Å². The van der Waals surface area contributed by atoms with Gasteiger partial charge in [-0.2, -0.15) is 0 Å². The second-order valence-electron chi connectivity index (χ2n) is 15.1. The maximum atomic E-state index is 5.53. The Morgan fingerprint density at radius 1 is 0.375 bits per heavy atom. The molecule has 3 aromatic heterocycles. The molecule has 0 saturated carbocycles. The molecule has 0 amide bonds. The third-order valence-electron chi connectivity index (χ3n) is 10.8. The number of aromatic nitrogens is 4. The number of benzene rings is 4. The van der Waals surface area contributed by atoms with E-state index < -0.39 is 0 Å². The summed E-state index contributed by atoms with van der Waals surface area (Å²) in [5, 5.41) is 0. The van der Waals surface area contributed by atoms with Gasteiger partial charge in [-0.1, -0.05) is 59.7 Å². The fraction of sp³-hybridized carbons (Fsp3) is 0.120. The number of hydrogen-bond donors (Lipinski definition) is 2. The number of hydrogen-bond acceptors (Lipinski definition) is 2. The van der Waals surface area contributed by atoms with Crippen LogP contribution in [0.5, 0.6) is 0 Å². The highest BCUT2D eigenvalue weighted by Crippen LogP contribution is 2.41. The number of H-pyrrole nitrogens is 2. The van der Waals surface area contributed by atoms with Gasteiger partial charge in [-0.05, 0) is 204 Å². The van der Waals surface area contributed by atoms with Gasteiger partial charge in [-0.3, -0.25) is 0 Å². The number of aryl methyl sites for hydroxylation is 6. The smallest absolute Gasteiger partial charge is 0.0737 e. The lowest BCUT2D eigenvalue weighted by Gasteiger charge is -2.13. The van der Waals surface area contributed by atoms with Crippen LogP contribution >= 0.6 is 45.2 Å². The molecule has 8 bridgehead atoms. The van der Waals surface area contributed by atoms with Crippen molar-refractivity contribution >= 4 is 91.6 Å². The standard InChI is InChI=1S/C50H40I2N4/c1-27-21-29(3)45(30(4)22-27)49-41-17-13-37(53-41)47(33-9-7-11-35(51)25-33)39-15-19-43(55-39)50(46-31(5)23-28(2)24-32(46)6)44-20-16-40(56-44)48(38-14-18-42(49)54-38)34-10-8-12-36(52)26-34/h7-26,53,56H,1-6H3. The molecule has 4 aromatic carbocycles. The third-order valence-corrected chi connectivity index (χ3v) is 12.2. The minimum atomic E-state index is 0.915. The van der Waals surface area contributed by atoms with Crippen LogP contribution in [0.4, 0.5) is 0 Å². The van der Waals surface area contributed by atoms with Gasteiger partial charge in [0, 0.05) is 51.5 Å². The van der Waals surface area contributed by atoms with E-state index in [-0.39, 0.29) is 0 Å². The summed E-state index contributed by atoms with van der Waals surface area (Å²) in [5.74, 6) is 0. The zero-order valence-corrected chi connectivity index (χ0v) is 36.5. The molecule has 0 aliphatic carbocycles. The summed E-state index contributed by atoms with van der Waals surface area (Å²) in [6.07, 6.45) is 8.73. The molecule has 0 radical (unpaired) electrons. The highest BCUT2D eigenvalue weighted by atomic mass is 127. The van der Waals surface area contributed by atoms with Crippen LogP contribution in [0.25, 0.3) is 90.9 Å². The highest BCUT2D eigenvalue weighted by Gasteiger charge is 2.21. The maximum Gasteiger partial charge on any atom is 0.0737 e. The van der Waals surface area contributed by atoms with E-state index in [9.17, 15) is 0 Å². The number of rotatable bonds is 4. The molecule has 4 nitrogen and oxygen atoms in total. The Morgan fingerprint density at radius 2 is 0.696 bits per heavy atom. The first kappa shape index (κ1) is 36.6. The summed E-state index contributed by atoms with van der Waals surface area (Å²) in [6.45, 7) is 13.2. The summed E-state index contributed by atoms with van der Waals surface area (Å²) >= 11 is 4.81. The van der Waals surface area contributed by atoms with Crippen LogP contribution in [0.1, 0.15) is 56.2 Å². The third kappa shape index (κ3) is 6.56. The Balaban J connectivity index is 1.52. The van der Waals surface area contributed by atoms with Gasteiger partial charge in [0.1, 0.15) is 0 Å². The van der Waals surface area contributed by atoms with Crippen LogP contribution in [-0.2, 0) is 0 Å². The average molecular weight is 951 g/mol. The Morgan fingerprint density at radius 3 is 1.04 bits per heavy atom. The molecular formula is C50H40I2N4. The van der Waals surface area contributed by atoms with Gasteiger partial charge in [-0.25, -0.2) is 9.97 Å². The lowest BCUT2D eigenvalue weighted by molar-refractivity contribution is 1.28. The largest absolute Gasteiger partial charge is 0.354 e. The van der Waals surface area contributed by atoms with Crippen molar-refractivity contribution in [1.29, 1.82) is 0 Å². The monoisotopic (exact) mass is 950 g/mol. The first-order valence-corrected chi connectivity index (χ1v) is 21.0. The van der Waals surface area contributed by atoms with Gasteiger partial charge >= 0.3 is 0 Å². The van der Waals surface area contributed by atoms with Crippen molar-refractivity contribution < 1.29 is 0 Å². The Kier molecular flexibility index (Phi) is 9.45. The van der Waals surface area contributed by atoms with Crippen molar-refractivity contribution in [2.75, 3.05) is 0 Å². The molecule has 7 aromatic rings. The molecule has 0 unspecified atom stereocenters. The van der Waals surface area contributed by atoms with Gasteiger partial charge in [-0.15, -0.1) is 0 Å². The molecule has 2 aliphatic heterocycles. The van der Waals surface area contributed by atoms with Crippen molar-refractivity contribution in [1.82, 2.24) is 19.9 Å². The predicted molar refractivity (Wildman–Crippen MR) is 254 cm³/mol. The van der Waals surface area contributed by atoms with E-state index in [1.807, 2.05) is 0 Å². The highest BCUT2D eigenvalue weighted by molar-refractivity contribution is 14.1. The molecule has 0 saturated heterocycles. The molecule has 6 heteroatoms. The second-order valence-corrected chi connectivity index (χ2v) is 17.6. The SMILES string of the molecule is Cc1cc(C)c(-c2c3nc(c(-c4cccc(I)c4)c4ccc([nH]4)c(-c4c(C)cc(C)cc4C)c4nc(c(-c5cccc(I)c5)c5ccc2[nH]5)C=C4)C=C3)c(C)c1. The first-order valence-electron chi connectivity index (χ1n) is 18.9. The maximum absolute atomic E-state index is 5.53. The van der Waals surface area contributed by atoms with Gasteiger partial charge in [0.05, 0.1) is 22.8 Å². The van der Waals surface area contributed by atoms with Crippen molar-refractivity contribution in [2.24, 2.45) is 0 Å². The zero-order chi connectivity index (χ0) is 38.8. The number of aromatic amines is 2. The van der Waals surface area contributed by atoms with Crippen LogP contribution in [0, 0.1) is 48.7 Å². The van der Waals surface area contributed by atoms with Crippen LogP contribution in [-0.4, -0.2) is 19.9 Å². The van der Waals surface area contributed by atoms with Crippen LogP contribution in [0.15, 0.2) is 97.1 Å². The Bertz CT molecular complexity index is 2760. The van der Waals surface area contributed by atoms with Crippen LogP contribution in [0.2, 0.25) is 0 Å². The molecule has 0 spiro atoms. The molecule has 0 fully saturated rings. The van der Waals surface area contributed by atoms with E-state index in [1.54, 1.807) is 0 Å². The molecule has 0 atom stereocenters. The van der Waals surface area contributed by atoms with E-state index in [0.717, 1.165) is 78.2 Å². The Hall–Kier alpha value is -5.06. The van der Waals surface area contributed by atoms with E-state index in [4.69, 9.17) is 9.97 Å². The minimum absolute atomic E-state index is 0.915. The molecule has 56 heavy (non-hydrogen) atoms. The van der Waals surface area contributed by atoms with E-state index in [1.165, 1.54) is 51.6 Å². The molecule has 2 aliphatic rings. The molecular weight excluding hydrogens is 910 g/mol. The summed E-state index contributed by atoms with van der Waals surface area (Å²) in [6, 6.07) is 35.3. The Labute approximate surface area is 355 Å². The molecule has 5 heterocycles. The topological polar surface area (TPSA) is 57.4 Å². The minimum Gasteiger partial charge on any atom is -0.354 e. The summed E-state index contributed by atoms with van der Waals surface area (Å²) in [4.78, 5) is 18.9. The van der Waals surface area contributed by atoms with Crippen molar-refractivity contribution in [3.8, 4) is 44.5 Å². The molecule has 9 rings (SSSR count). The molecule has 274 valence electrons. The van der Waals surface area contributed by atoms with Crippen LogP contribution < -0.4 is 0 Å². The van der Waals surface area contributed by atoms with E-state index in [2.05, 4.69) is 218 Å². The number of halogens is 2. The zero-order valence-electron chi connectivity index (χ0n) is 32.2. The molecule has 2 N–H and O–H groups in total. The van der Waals surface area contributed by atoms with E-state index in [0.29, 0.717) is 0 Å². The number of nitrogens with one attached hydrogen (secondary N) is 2. The lowest BCUT2D eigenvalue weighted by atomic mass is 9.92. The van der Waals surface area contributed by atoms with Crippen molar-refractivity contribution in [3.63, 3.8) is 0 Å². The van der Waals surface area contributed by atoms with Gasteiger partial charge in [0.15, 0.2) is 0 Å². The van der Waals surface area contributed by atoms with Gasteiger partial charge in [0.2, 0.25) is 0 Å². The fourth-order valence-electron chi connectivity index (χ4n) is 8.78. The van der Waals surface area contributed by atoms with E-state index >= 15 is 0 Å². The summed E-state index contributed by atoms with van der Waals surface area (Å²) < 4.78 is 2.34. The summed E-state index contributed by atoms with van der Waals surface area (Å²) in [7, 11) is 0. The summed E-state index contributed by atoms with van der Waals surface area (Å²) in [5.41, 5.74) is 24.0. The number of nitrogens with zero attached hydrogens (tertiary/aromatic N) is 2. The van der Waals surface area contributed by atoms with Crippen molar-refractivity contribution in [2.45, 2.75) is 41.5 Å². The second kappa shape index (κ2) is 14.5. The fourth-order valence-corrected chi connectivity index (χ4v) is 9.86. The van der Waals surface area contributed by atoms with Crippen molar-refractivity contribution in [3.05, 3.63) is 160 Å². The first-order chi connectivity index (χ1) is 27.0.